The van der Waals surface area contributed by atoms with Crippen molar-refractivity contribution in [3.05, 3.63) is 59.7 Å². The van der Waals surface area contributed by atoms with E-state index in [0.29, 0.717) is 25.4 Å². The molecule has 3 atom stereocenters. The molecule has 0 bridgehead atoms. The SMILES string of the molecule is O=C(NC1CCOC1C(=O)NC(CC1CC1)C(=O)O)OCC1c2ccccc2-c2ccccc21. The first-order valence-corrected chi connectivity index (χ1v) is 11.8. The molecule has 2 aromatic carbocycles. The lowest BCUT2D eigenvalue weighted by atomic mass is 9.98. The number of nitrogens with one attached hydrogen (secondary N) is 2. The molecule has 3 unspecified atom stereocenters. The van der Waals surface area contributed by atoms with Gasteiger partial charge in [-0.05, 0) is 41.0 Å². The zero-order valence-corrected chi connectivity index (χ0v) is 18.7. The van der Waals surface area contributed by atoms with Crippen LogP contribution < -0.4 is 10.6 Å². The molecule has 0 radical (unpaired) electrons. The molecule has 0 spiro atoms. The maximum absolute atomic E-state index is 12.7. The molecule has 178 valence electrons. The summed E-state index contributed by atoms with van der Waals surface area (Å²) in [6, 6.07) is 14.7. The van der Waals surface area contributed by atoms with E-state index in [4.69, 9.17) is 9.47 Å². The van der Waals surface area contributed by atoms with Gasteiger partial charge in [0, 0.05) is 12.5 Å². The van der Waals surface area contributed by atoms with Gasteiger partial charge in [-0.3, -0.25) is 4.79 Å². The number of amides is 2. The van der Waals surface area contributed by atoms with Gasteiger partial charge in [-0.25, -0.2) is 9.59 Å². The summed E-state index contributed by atoms with van der Waals surface area (Å²) in [4.78, 5) is 36.8. The van der Waals surface area contributed by atoms with Crippen LogP contribution in [-0.4, -0.2) is 54.5 Å². The van der Waals surface area contributed by atoms with E-state index < -0.39 is 36.2 Å². The van der Waals surface area contributed by atoms with E-state index >= 15 is 0 Å². The Bertz CT molecular complexity index is 1050. The van der Waals surface area contributed by atoms with Crippen LogP contribution in [0.1, 0.15) is 42.7 Å². The zero-order valence-electron chi connectivity index (χ0n) is 18.7. The van der Waals surface area contributed by atoms with Gasteiger partial charge in [0.2, 0.25) is 0 Å². The third kappa shape index (κ3) is 4.63. The predicted octanol–water partition coefficient (Wildman–Crippen LogP) is 3.05. The van der Waals surface area contributed by atoms with Gasteiger partial charge in [0.1, 0.15) is 12.6 Å². The molecule has 1 saturated carbocycles. The van der Waals surface area contributed by atoms with Crippen molar-refractivity contribution in [3.8, 4) is 11.1 Å². The molecule has 34 heavy (non-hydrogen) atoms. The Labute approximate surface area is 197 Å². The molecule has 1 saturated heterocycles. The fourth-order valence-electron chi connectivity index (χ4n) is 4.95. The molecule has 0 aromatic heterocycles. The van der Waals surface area contributed by atoms with Crippen molar-refractivity contribution in [3.63, 3.8) is 0 Å². The van der Waals surface area contributed by atoms with Gasteiger partial charge in [0.15, 0.2) is 6.10 Å². The largest absolute Gasteiger partial charge is 0.480 e. The zero-order chi connectivity index (χ0) is 23.7. The normalized spacial score (nSPS) is 21.9. The van der Waals surface area contributed by atoms with Crippen LogP contribution in [0.5, 0.6) is 0 Å². The van der Waals surface area contributed by atoms with Crippen molar-refractivity contribution in [1.82, 2.24) is 10.6 Å². The van der Waals surface area contributed by atoms with Crippen LogP contribution in [0.2, 0.25) is 0 Å². The molecular formula is C26H28N2O6. The molecule has 2 fully saturated rings. The number of alkyl carbamates (subject to hydrolysis) is 1. The first kappa shape index (κ1) is 22.4. The lowest BCUT2D eigenvalue weighted by molar-refractivity contribution is -0.144. The Morgan fingerprint density at radius 2 is 1.65 bits per heavy atom. The number of hydrogen-bond acceptors (Lipinski definition) is 5. The number of fused-ring (bicyclic) bond motifs is 3. The number of carbonyl (C=O) groups excluding carboxylic acids is 2. The average Bonchev–Trinajstić information content (AvgIpc) is 3.43. The van der Waals surface area contributed by atoms with Gasteiger partial charge < -0.3 is 25.2 Å². The summed E-state index contributed by atoms with van der Waals surface area (Å²) in [6.45, 7) is 0.472. The van der Waals surface area contributed by atoms with E-state index in [1.807, 2.05) is 36.4 Å². The summed E-state index contributed by atoms with van der Waals surface area (Å²) in [5, 5.41) is 14.7. The highest BCUT2D eigenvalue weighted by Crippen LogP contribution is 2.44. The number of rotatable bonds is 8. The molecule has 2 aromatic rings. The number of carboxylic acids is 1. The second-order valence-corrected chi connectivity index (χ2v) is 9.23. The van der Waals surface area contributed by atoms with Crippen molar-refractivity contribution in [2.45, 2.75) is 49.8 Å². The molecule has 8 nitrogen and oxygen atoms in total. The first-order chi connectivity index (χ1) is 16.5. The second kappa shape index (κ2) is 9.46. The predicted molar refractivity (Wildman–Crippen MR) is 123 cm³/mol. The maximum atomic E-state index is 12.7. The average molecular weight is 465 g/mol. The minimum Gasteiger partial charge on any atom is -0.480 e. The van der Waals surface area contributed by atoms with Crippen molar-refractivity contribution >= 4 is 18.0 Å². The van der Waals surface area contributed by atoms with Crippen molar-refractivity contribution in [1.29, 1.82) is 0 Å². The van der Waals surface area contributed by atoms with Crippen molar-refractivity contribution in [2.24, 2.45) is 5.92 Å². The van der Waals surface area contributed by atoms with E-state index in [0.717, 1.165) is 35.1 Å². The van der Waals surface area contributed by atoms with Crippen LogP contribution in [-0.2, 0) is 19.1 Å². The third-order valence-corrected chi connectivity index (χ3v) is 6.88. The smallest absolute Gasteiger partial charge is 0.407 e. The van der Waals surface area contributed by atoms with Crippen LogP contribution in [0.4, 0.5) is 4.79 Å². The number of carbonyl (C=O) groups is 3. The first-order valence-electron chi connectivity index (χ1n) is 11.8. The lowest BCUT2D eigenvalue weighted by Gasteiger charge is -2.22. The number of carboxylic acid groups (broad SMARTS) is 1. The Hall–Kier alpha value is -3.39. The summed E-state index contributed by atoms with van der Waals surface area (Å²) in [7, 11) is 0. The molecule has 1 heterocycles. The summed E-state index contributed by atoms with van der Waals surface area (Å²) in [6.07, 6.45) is 1.28. The monoisotopic (exact) mass is 464 g/mol. The quantitative estimate of drug-likeness (QED) is 0.553. The van der Waals surface area contributed by atoms with Crippen LogP contribution in [0.3, 0.4) is 0 Å². The fraction of sp³-hybridized carbons (Fsp3) is 0.423. The molecular weight excluding hydrogens is 436 g/mol. The summed E-state index contributed by atoms with van der Waals surface area (Å²) >= 11 is 0. The number of hydrogen-bond donors (Lipinski definition) is 3. The standard InChI is InChI=1S/C26H28N2O6/c29-24(27-22(25(30)31)13-15-9-10-15)23-21(11-12-33-23)28-26(32)34-14-20-18-7-3-1-5-16(18)17-6-2-4-8-19(17)20/h1-8,15,20-23H,9-14H2,(H,27,29)(H,28,32)(H,30,31). The molecule has 3 aliphatic rings. The summed E-state index contributed by atoms with van der Waals surface area (Å²) < 4.78 is 11.1. The highest BCUT2D eigenvalue weighted by Gasteiger charge is 2.39. The Kier molecular flexibility index (Phi) is 6.24. The van der Waals surface area contributed by atoms with E-state index in [1.54, 1.807) is 0 Å². The second-order valence-electron chi connectivity index (χ2n) is 9.23. The summed E-state index contributed by atoms with van der Waals surface area (Å²) in [5.41, 5.74) is 4.53. The fourth-order valence-corrected chi connectivity index (χ4v) is 4.95. The Balaban J connectivity index is 1.18. The van der Waals surface area contributed by atoms with Crippen LogP contribution >= 0.6 is 0 Å². The van der Waals surface area contributed by atoms with Crippen LogP contribution in [0, 0.1) is 5.92 Å². The van der Waals surface area contributed by atoms with Gasteiger partial charge >= 0.3 is 12.1 Å². The van der Waals surface area contributed by atoms with Crippen LogP contribution in [0.25, 0.3) is 11.1 Å². The minimum absolute atomic E-state index is 0.0594. The molecule has 2 aliphatic carbocycles. The van der Waals surface area contributed by atoms with Gasteiger partial charge in [0.05, 0.1) is 6.04 Å². The van der Waals surface area contributed by atoms with Crippen molar-refractivity contribution in [2.75, 3.05) is 13.2 Å². The molecule has 5 rings (SSSR count). The Morgan fingerprint density at radius 1 is 1.00 bits per heavy atom. The highest BCUT2D eigenvalue weighted by molar-refractivity contribution is 5.87. The van der Waals surface area contributed by atoms with Gasteiger partial charge in [-0.2, -0.15) is 0 Å². The van der Waals surface area contributed by atoms with Gasteiger partial charge in [-0.15, -0.1) is 0 Å². The van der Waals surface area contributed by atoms with E-state index in [1.165, 1.54) is 0 Å². The molecule has 1 aliphatic heterocycles. The molecule has 2 amide bonds. The minimum atomic E-state index is -1.06. The summed E-state index contributed by atoms with van der Waals surface area (Å²) in [5.74, 6) is -1.29. The van der Waals surface area contributed by atoms with Crippen LogP contribution in [0.15, 0.2) is 48.5 Å². The number of aliphatic carboxylic acids is 1. The number of ether oxygens (including phenoxy) is 2. The topological polar surface area (TPSA) is 114 Å². The molecule has 3 N–H and O–H groups in total. The van der Waals surface area contributed by atoms with E-state index in [9.17, 15) is 19.5 Å². The van der Waals surface area contributed by atoms with E-state index in [-0.39, 0.29) is 12.5 Å². The highest BCUT2D eigenvalue weighted by atomic mass is 16.6. The number of benzene rings is 2. The Morgan fingerprint density at radius 3 is 2.26 bits per heavy atom. The van der Waals surface area contributed by atoms with E-state index in [2.05, 4.69) is 22.8 Å². The lowest BCUT2D eigenvalue weighted by Crippen LogP contribution is -2.52. The molecule has 8 heteroatoms. The maximum Gasteiger partial charge on any atom is 0.407 e. The van der Waals surface area contributed by atoms with Crippen molar-refractivity contribution < 1.29 is 29.0 Å². The van der Waals surface area contributed by atoms with Gasteiger partial charge in [0.25, 0.3) is 5.91 Å². The van der Waals surface area contributed by atoms with Gasteiger partial charge in [-0.1, -0.05) is 61.4 Å². The third-order valence-electron chi connectivity index (χ3n) is 6.88.